The van der Waals surface area contributed by atoms with E-state index in [2.05, 4.69) is 5.32 Å². The normalized spacial score (nSPS) is 10.6. The molecule has 1 N–H and O–H groups in total. The maximum absolute atomic E-state index is 11.7. The van der Waals surface area contributed by atoms with Gasteiger partial charge < -0.3 is 10.1 Å². The zero-order valence-corrected chi connectivity index (χ0v) is 14.3. The van der Waals surface area contributed by atoms with Crippen LogP contribution in [0.15, 0.2) is 48.5 Å². The third kappa shape index (κ3) is 5.93. The number of nitro groups is 1. The van der Waals surface area contributed by atoms with Crippen molar-refractivity contribution in [1.29, 1.82) is 0 Å². The van der Waals surface area contributed by atoms with Gasteiger partial charge in [-0.3, -0.25) is 14.9 Å². The first-order valence-electron chi connectivity index (χ1n) is 7.55. The second-order valence-electron chi connectivity index (χ2n) is 5.24. The summed E-state index contributed by atoms with van der Waals surface area (Å²) in [6.07, 6.45) is 2.84. The van der Waals surface area contributed by atoms with Gasteiger partial charge in [0, 0.05) is 23.2 Å². The van der Waals surface area contributed by atoms with Crippen LogP contribution in [0.25, 0.3) is 6.08 Å². The fraction of sp³-hybridized carbons (Fsp3) is 0.167. The van der Waals surface area contributed by atoms with E-state index in [-0.39, 0.29) is 11.6 Å². The molecule has 6 nitrogen and oxygen atoms in total. The summed E-state index contributed by atoms with van der Waals surface area (Å²) >= 11 is 6.01. The van der Waals surface area contributed by atoms with E-state index in [9.17, 15) is 14.9 Å². The molecule has 0 bridgehead atoms. The number of nitrogens with zero attached hydrogens (tertiary/aromatic N) is 1. The number of carbonyl (C=O) groups excluding carboxylic acids is 1. The summed E-state index contributed by atoms with van der Waals surface area (Å²) in [5.41, 5.74) is 1.52. The molecule has 0 atom stereocenters. The highest BCUT2D eigenvalue weighted by atomic mass is 35.5. The average Bonchev–Trinajstić information content (AvgIpc) is 2.60. The zero-order valence-electron chi connectivity index (χ0n) is 13.6. The van der Waals surface area contributed by atoms with Gasteiger partial charge in [-0.2, -0.15) is 0 Å². The number of carbonyl (C=O) groups is 1. The van der Waals surface area contributed by atoms with Crippen LogP contribution in [-0.2, 0) is 4.79 Å². The summed E-state index contributed by atoms with van der Waals surface area (Å²) in [4.78, 5) is 22.0. The number of benzene rings is 2. The number of aryl methyl sites for hydroxylation is 1. The lowest BCUT2D eigenvalue weighted by atomic mass is 10.2. The number of hydrogen-bond acceptors (Lipinski definition) is 4. The van der Waals surface area contributed by atoms with Gasteiger partial charge in [0.25, 0.3) is 5.69 Å². The van der Waals surface area contributed by atoms with Crippen LogP contribution in [0.3, 0.4) is 0 Å². The van der Waals surface area contributed by atoms with E-state index in [1.165, 1.54) is 24.3 Å². The van der Waals surface area contributed by atoms with Gasteiger partial charge in [0.2, 0.25) is 5.91 Å². The van der Waals surface area contributed by atoms with Gasteiger partial charge in [-0.1, -0.05) is 29.8 Å². The minimum atomic E-state index is -0.480. The zero-order chi connectivity index (χ0) is 18.2. The largest absolute Gasteiger partial charge is 0.492 e. The van der Waals surface area contributed by atoms with E-state index in [0.29, 0.717) is 29.5 Å². The van der Waals surface area contributed by atoms with Crippen molar-refractivity contribution in [3.05, 3.63) is 74.8 Å². The standard InChI is InChI=1S/C18H17ClN2O4/c1-13-5-7-16(12-17(13)19)25-10-9-20-18(22)8-6-14-3-2-4-15(11-14)21(23)24/h2-8,11-12H,9-10H2,1H3,(H,20,22)/b8-6+. The number of ether oxygens (including phenoxy) is 1. The van der Waals surface area contributed by atoms with Crippen molar-refractivity contribution in [2.75, 3.05) is 13.2 Å². The Labute approximate surface area is 150 Å². The smallest absolute Gasteiger partial charge is 0.270 e. The molecule has 1 amide bonds. The average molecular weight is 361 g/mol. The lowest BCUT2D eigenvalue weighted by Crippen LogP contribution is -2.26. The molecular formula is C18H17ClN2O4. The summed E-state index contributed by atoms with van der Waals surface area (Å²) in [6, 6.07) is 11.4. The summed E-state index contributed by atoms with van der Waals surface area (Å²) in [5.74, 6) is 0.328. The maximum Gasteiger partial charge on any atom is 0.270 e. The van der Waals surface area contributed by atoms with E-state index in [4.69, 9.17) is 16.3 Å². The molecule has 0 unspecified atom stereocenters. The lowest BCUT2D eigenvalue weighted by Gasteiger charge is -2.07. The second kappa shape index (κ2) is 8.84. The number of non-ortho nitro benzene ring substituents is 1. The molecule has 0 aliphatic rings. The van der Waals surface area contributed by atoms with Crippen LogP contribution in [0.2, 0.25) is 5.02 Å². The van der Waals surface area contributed by atoms with Crippen molar-refractivity contribution >= 4 is 29.3 Å². The van der Waals surface area contributed by atoms with Crippen molar-refractivity contribution < 1.29 is 14.5 Å². The van der Waals surface area contributed by atoms with Crippen molar-refractivity contribution in [1.82, 2.24) is 5.32 Å². The van der Waals surface area contributed by atoms with Crippen LogP contribution in [-0.4, -0.2) is 24.0 Å². The minimum absolute atomic E-state index is 0.0206. The first-order valence-corrected chi connectivity index (χ1v) is 7.93. The number of halogens is 1. The van der Waals surface area contributed by atoms with E-state index in [1.807, 2.05) is 19.1 Å². The molecule has 0 heterocycles. The Hall–Kier alpha value is -2.86. The van der Waals surface area contributed by atoms with Gasteiger partial charge in [-0.05, 0) is 36.3 Å². The molecule has 0 fully saturated rings. The number of hydrogen-bond donors (Lipinski definition) is 1. The van der Waals surface area contributed by atoms with E-state index < -0.39 is 4.92 Å². The molecule has 0 saturated heterocycles. The summed E-state index contributed by atoms with van der Waals surface area (Å²) in [7, 11) is 0. The molecule has 0 spiro atoms. The maximum atomic E-state index is 11.7. The molecule has 25 heavy (non-hydrogen) atoms. The van der Waals surface area contributed by atoms with Gasteiger partial charge >= 0.3 is 0 Å². The van der Waals surface area contributed by atoms with Gasteiger partial charge in [-0.25, -0.2) is 0 Å². The number of amides is 1. The van der Waals surface area contributed by atoms with E-state index >= 15 is 0 Å². The molecule has 0 aliphatic heterocycles. The monoisotopic (exact) mass is 360 g/mol. The number of nitro benzene ring substituents is 1. The first kappa shape index (κ1) is 18.5. The fourth-order valence-electron chi connectivity index (χ4n) is 1.98. The van der Waals surface area contributed by atoms with Gasteiger partial charge in [0.1, 0.15) is 12.4 Å². The molecule has 0 saturated carbocycles. The lowest BCUT2D eigenvalue weighted by molar-refractivity contribution is -0.384. The number of rotatable bonds is 7. The fourth-order valence-corrected chi connectivity index (χ4v) is 2.15. The highest BCUT2D eigenvalue weighted by Crippen LogP contribution is 2.21. The van der Waals surface area contributed by atoms with Crippen molar-refractivity contribution in [3.63, 3.8) is 0 Å². The van der Waals surface area contributed by atoms with Crippen LogP contribution in [0.4, 0.5) is 5.69 Å². The van der Waals surface area contributed by atoms with Crippen LogP contribution < -0.4 is 10.1 Å². The van der Waals surface area contributed by atoms with Crippen molar-refractivity contribution in [2.45, 2.75) is 6.92 Å². The molecule has 2 rings (SSSR count). The van der Waals surface area contributed by atoms with E-state index in [1.54, 1.807) is 18.2 Å². The van der Waals surface area contributed by atoms with Crippen LogP contribution in [0, 0.1) is 17.0 Å². The van der Waals surface area contributed by atoms with Crippen LogP contribution in [0.5, 0.6) is 5.75 Å². The van der Waals surface area contributed by atoms with Crippen molar-refractivity contribution in [2.24, 2.45) is 0 Å². The SMILES string of the molecule is Cc1ccc(OCCNC(=O)/C=C/c2cccc([N+](=O)[O-])c2)cc1Cl. The molecule has 2 aromatic carbocycles. The molecule has 0 aromatic heterocycles. The predicted octanol–water partition coefficient (Wildman–Crippen LogP) is 3.77. The molecule has 0 radical (unpaired) electrons. The number of nitrogens with one attached hydrogen (secondary N) is 1. The third-order valence-electron chi connectivity index (χ3n) is 3.32. The van der Waals surface area contributed by atoms with Crippen LogP contribution >= 0.6 is 11.6 Å². The third-order valence-corrected chi connectivity index (χ3v) is 3.73. The highest BCUT2D eigenvalue weighted by Gasteiger charge is 2.04. The Morgan fingerprint density at radius 2 is 2.12 bits per heavy atom. The molecule has 130 valence electrons. The molecular weight excluding hydrogens is 344 g/mol. The topological polar surface area (TPSA) is 81.5 Å². The van der Waals surface area contributed by atoms with Gasteiger partial charge in [0.15, 0.2) is 0 Å². The quantitative estimate of drug-likeness (QED) is 0.353. The molecule has 2 aromatic rings. The Morgan fingerprint density at radius 1 is 1.32 bits per heavy atom. The Bertz CT molecular complexity index is 805. The van der Waals surface area contributed by atoms with Crippen LogP contribution in [0.1, 0.15) is 11.1 Å². The minimum Gasteiger partial charge on any atom is -0.492 e. The van der Waals surface area contributed by atoms with Crippen molar-refractivity contribution in [3.8, 4) is 5.75 Å². The summed E-state index contributed by atoms with van der Waals surface area (Å²) < 4.78 is 5.50. The molecule has 0 aliphatic carbocycles. The second-order valence-corrected chi connectivity index (χ2v) is 5.64. The Morgan fingerprint density at radius 3 is 2.84 bits per heavy atom. The van der Waals surface area contributed by atoms with Gasteiger partial charge in [0.05, 0.1) is 11.5 Å². The Kier molecular flexibility index (Phi) is 6.54. The Balaban J connectivity index is 1.77. The first-order chi connectivity index (χ1) is 12.0. The predicted molar refractivity (Wildman–Crippen MR) is 96.8 cm³/mol. The summed E-state index contributed by atoms with van der Waals surface area (Å²) in [6.45, 7) is 2.53. The highest BCUT2D eigenvalue weighted by molar-refractivity contribution is 6.31. The molecule has 7 heteroatoms. The van der Waals surface area contributed by atoms with E-state index in [0.717, 1.165) is 5.56 Å². The van der Waals surface area contributed by atoms with Gasteiger partial charge in [-0.15, -0.1) is 0 Å². The summed E-state index contributed by atoms with van der Waals surface area (Å²) in [5, 5.41) is 14.0.